The van der Waals surface area contributed by atoms with Crippen molar-refractivity contribution < 1.29 is 33.3 Å². The topological polar surface area (TPSA) is 276 Å². The van der Waals surface area contributed by atoms with Crippen LogP contribution in [0.15, 0.2) is 122 Å². The predicted octanol–water partition coefficient (Wildman–Crippen LogP) is 21.7. The Labute approximate surface area is 657 Å². The summed E-state index contributed by atoms with van der Waals surface area (Å²) in [5, 5.41) is 45.5. The third-order valence-electron chi connectivity index (χ3n) is 20.9. The highest BCUT2D eigenvalue weighted by atomic mass is 35.5. The maximum Gasteiger partial charge on any atom is 0.183 e. The van der Waals surface area contributed by atoms with E-state index in [4.69, 9.17) is 74.8 Å². The number of benzene rings is 4. The molecule has 4 saturated carbocycles. The summed E-state index contributed by atoms with van der Waals surface area (Å²) in [6, 6.07) is 37.2. The summed E-state index contributed by atoms with van der Waals surface area (Å²) in [5.74, 6) is 7.38. The van der Waals surface area contributed by atoms with Crippen LogP contribution < -0.4 is 18.9 Å². The summed E-state index contributed by atoms with van der Waals surface area (Å²) >= 11 is 18.2. The van der Waals surface area contributed by atoms with Gasteiger partial charge in [-0.15, -0.1) is 5.10 Å². The second-order valence-electron chi connectivity index (χ2n) is 30.3. The zero-order valence-electron chi connectivity index (χ0n) is 64.1. The molecule has 8 aromatic rings. The van der Waals surface area contributed by atoms with E-state index < -0.39 is 0 Å². The molecule has 4 aromatic heterocycles. The van der Waals surface area contributed by atoms with Crippen LogP contribution in [0.5, 0.6) is 23.0 Å². The van der Waals surface area contributed by atoms with Gasteiger partial charge in [-0.05, 0) is 229 Å². The lowest BCUT2D eigenvalue weighted by atomic mass is 9.83. The number of carbonyl (C=O) groups excluding carboxylic acids is 3. The van der Waals surface area contributed by atoms with E-state index in [9.17, 15) is 14.4 Å². The minimum atomic E-state index is 0.0612. The minimum absolute atomic E-state index is 0.0612. The van der Waals surface area contributed by atoms with Crippen molar-refractivity contribution in [2.24, 2.45) is 17.8 Å². The van der Waals surface area contributed by atoms with Crippen LogP contribution in [0.2, 0.25) is 15.1 Å². The zero-order chi connectivity index (χ0) is 78.1. The molecule has 109 heavy (non-hydrogen) atoms. The third kappa shape index (κ3) is 25.0. The van der Waals surface area contributed by atoms with E-state index in [1.54, 1.807) is 67.0 Å². The summed E-state index contributed by atoms with van der Waals surface area (Å²) < 4.78 is 24.2. The Hall–Kier alpha value is -9.56. The molecule has 0 amide bonds. The van der Waals surface area contributed by atoms with Crippen molar-refractivity contribution in [2.45, 2.75) is 245 Å². The van der Waals surface area contributed by atoms with E-state index in [1.165, 1.54) is 5.69 Å². The summed E-state index contributed by atoms with van der Waals surface area (Å²) in [6.07, 6.45) is 25.6. The fraction of sp³-hybridized carbons (Fsp3) is 0.466. The molecule has 0 atom stereocenters. The van der Waals surface area contributed by atoms with Gasteiger partial charge < -0.3 is 23.9 Å². The van der Waals surface area contributed by atoms with Crippen molar-refractivity contribution in [3.05, 3.63) is 210 Å². The van der Waals surface area contributed by atoms with Gasteiger partial charge in [0.2, 0.25) is 0 Å². The van der Waals surface area contributed by atoms with E-state index in [-0.39, 0.29) is 41.8 Å². The number of nitriles is 4. The predicted molar refractivity (Wildman–Crippen MR) is 424 cm³/mol. The molecule has 4 aliphatic rings. The molecular formula is C88H100Cl3N11O7. The molecule has 0 saturated heterocycles. The highest BCUT2D eigenvalue weighted by Crippen LogP contribution is 2.38. The molecule has 4 aromatic carbocycles. The Bertz CT molecular complexity index is 4340. The largest absolute Gasteiger partial charge is 0.490 e. The molecule has 12 rings (SSSR count). The third-order valence-corrected chi connectivity index (χ3v) is 21.8. The molecular weight excluding hydrogens is 1430 g/mol. The Morgan fingerprint density at radius 1 is 0.413 bits per heavy atom. The number of rotatable bonds is 23. The van der Waals surface area contributed by atoms with E-state index >= 15 is 0 Å². The van der Waals surface area contributed by atoms with E-state index in [0.717, 1.165) is 149 Å². The maximum atomic E-state index is 12.5. The first-order valence-corrected chi connectivity index (χ1v) is 39.7. The normalized spacial score (nSPS) is 19.5. The van der Waals surface area contributed by atoms with Crippen LogP contribution in [0.3, 0.4) is 0 Å². The first kappa shape index (κ1) is 83.5. The molecule has 4 fully saturated rings. The van der Waals surface area contributed by atoms with Crippen LogP contribution in [0, 0.1) is 63.1 Å². The SMILES string of the molecule is CC(C)c1ccc(C(=O)CC2CCC(Oc3ccc(C#N)c(Cl)c3)CC2)nc1.CC(C)c1cnc(C(=O)CC2CCC(Oc3ccc(C#N)c(Cl)c3)CC2)cn1.CC(C)c1ncc(C2CCC(Oc3ccc(C#N)c(Cl)c3)CC2)[nH]1.CCc1cc(OC2CCC(CC(=O)c3ccc(C(C)C)nn3)CC2)ccc1C#N. The van der Waals surface area contributed by atoms with Crippen molar-refractivity contribution in [3.63, 3.8) is 0 Å². The number of carbonyl (C=O) groups is 3. The smallest absolute Gasteiger partial charge is 0.183 e. The highest BCUT2D eigenvalue weighted by Gasteiger charge is 2.30. The molecule has 0 bridgehead atoms. The first-order chi connectivity index (χ1) is 52.5. The second-order valence-corrected chi connectivity index (χ2v) is 31.5. The Balaban J connectivity index is 0.000000168. The monoisotopic (exact) mass is 1530 g/mol. The molecule has 0 spiro atoms. The number of hydrogen-bond donors (Lipinski definition) is 1. The number of imidazole rings is 1. The number of ketones is 3. The number of pyridine rings is 1. The van der Waals surface area contributed by atoms with Crippen LogP contribution in [0.4, 0.5) is 0 Å². The fourth-order valence-corrected chi connectivity index (χ4v) is 14.7. The van der Waals surface area contributed by atoms with Gasteiger partial charge in [0.1, 0.15) is 64.1 Å². The lowest BCUT2D eigenvalue weighted by Gasteiger charge is -2.28. The number of halogens is 3. The molecule has 21 heteroatoms. The summed E-state index contributed by atoms with van der Waals surface area (Å²) in [5.41, 5.74) is 8.81. The Morgan fingerprint density at radius 2 is 0.817 bits per heavy atom. The lowest BCUT2D eigenvalue weighted by molar-refractivity contribution is 0.0891. The summed E-state index contributed by atoms with van der Waals surface area (Å²) in [6.45, 7) is 18.8. The van der Waals surface area contributed by atoms with Crippen molar-refractivity contribution in [1.29, 1.82) is 21.0 Å². The van der Waals surface area contributed by atoms with Gasteiger partial charge in [-0.3, -0.25) is 24.4 Å². The fourth-order valence-electron chi connectivity index (χ4n) is 14.1. The number of hydrogen-bond acceptors (Lipinski definition) is 17. The van der Waals surface area contributed by atoms with Crippen LogP contribution in [0.25, 0.3) is 0 Å². The van der Waals surface area contributed by atoms with Gasteiger partial charge in [-0.2, -0.15) is 26.1 Å². The number of Topliss-reactive ketones (excluding diaryl/α,β-unsaturated/α-hetero) is 3. The average Bonchev–Trinajstić information content (AvgIpc) is 1.75. The first-order valence-electron chi connectivity index (χ1n) is 38.5. The van der Waals surface area contributed by atoms with Gasteiger partial charge in [-0.1, -0.05) is 103 Å². The van der Waals surface area contributed by atoms with E-state index in [2.05, 4.69) is 103 Å². The number of aromatic nitrogens is 7. The van der Waals surface area contributed by atoms with Crippen molar-refractivity contribution in [2.75, 3.05) is 0 Å². The van der Waals surface area contributed by atoms with Crippen LogP contribution in [0.1, 0.15) is 302 Å². The highest BCUT2D eigenvalue weighted by molar-refractivity contribution is 6.32. The van der Waals surface area contributed by atoms with Gasteiger partial charge in [0.15, 0.2) is 17.3 Å². The quantitative estimate of drug-likeness (QED) is 0.0583. The molecule has 0 radical (unpaired) electrons. The van der Waals surface area contributed by atoms with Crippen molar-refractivity contribution >= 4 is 52.2 Å². The van der Waals surface area contributed by atoms with Crippen LogP contribution in [-0.4, -0.2) is 76.9 Å². The van der Waals surface area contributed by atoms with Gasteiger partial charge in [0.05, 0.1) is 85.4 Å². The lowest BCUT2D eigenvalue weighted by Crippen LogP contribution is -2.25. The Kier molecular flexibility index (Phi) is 31.6. The van der Waals surface area contributed by atoms with Crippen LogP contribution >= 0.6 is 34.8 Å². The zero-order valence-corrected chi connectivity index (χ0v) is 66.3. The van der Waals surface area contributed by atoms with Gasteiger partial charge >= 0.3 is 0 Å². The number of aryl methyl sites for hydroxylation is 1. The van der Waals surface area contributed by atoms with E-state index in [1.807, 2.05) is 73.9 Å². The minimum Gasteiger partial charge on any atom is -0.490 e. The molecule has 1 N–H and O–H groups in total. The average molecular weight is 1530 g/mol. The number of aromatic amines is 1. The summed E-state index contributed by atoms with van der Waals surface area (Å²) in [7, 11) is 0. The van der Waals surface area contributed by atoms with E-state index in [0.29, 0.717) is 133 Å². The number of nitrogens with zero attached hydrogens (tertiary/aromatic N) is 10. The molecule has 0 aliphatic heterocycles. The standard InChI is InChI=1S/C24H29N3O2.C23H25ClN2O2.C22H24ClN3O2.C19H22ClN3O/c1-4-18-14-21(10-7-19(18)15-25)29-20-8-5-17(6-9-20)13-24(28)23-12-11-22(16(2)3)26-27-23;1-15(2)18-6-10-22(26-14-18)23(27)11-16-3-7-19(8-4-16)28-20-9-5-17(13-25)21(24)12-20;1-14(2)20-12-26-21(13-25-20)22(27)9-15-3-6-17(7-4-15)28-18-8-5-16(11-24)19(23)10-18;1-12(2)19-22-11-18(23-19)13-3-6-15(7-4-13)24-16-8-5-14(10-21)17(20)9-16/h7,10-12,14,16-17,20H,4-6,8-9,13H2,1-3H3;5-6,9-10,12,14-16,19H,3-4,7-8,11H2,1-2H3;5,8,10,12-15,17H,3-4,6-7,9H2,1-2H3;5,8-9,11-13,15H,3-4,6-7H2,1-2H3,(H,22,23). The molecule has 4 aliphatic carbocycles. The molecule has 570 valence electrons. The van der Waals surface area contributed by atoms with Gasteiger partial charge in [0.25, 0.3) is 0 Å². The number of H-pyrrole nitrogens is 1. The van der Waals surface area contributed by atoms with Gasteiger partial charge in [0, 0.05) is 73.6 Å². The van der Waals surface area contributed by atoms with Crippen molar-refractivity contribution in [3.8, 4) is 47.3 Å². The summed E-state index contributed by atoms with van der Waals surface area (Å²) in [4.78, 5) is 58.5. The molecule has 18 nitrogen and oxygen atoms in total. The van der Waals surface area contributed by atoms with Crippen molar-refractivity contribution in [1.82, 2.24) is 35.1 Å². The number of nitrogens with one attached hydrogen (secondary N) is 1. The molecule has 4 heterocycles. The maximum absolute atomic E-state index is 12.5. The Morgan fingerprint density at radius 3 is 1.17 bits per heavy atom. The molecule has 0 unspecified atom stereocenters. The van der Waals surface area contributed by atoms with Crippen LogP contribution in [-0.2, 0) is 6.42 Å². The van der Waals surface area contributed by atoms with Gasteiger partial charge in [-0.25, -0.2) is 9.97 Å². The number of ether oxygens (including phenoxy) is 4. The second kappa shape index (κ2) is 41.3.